The zero-order valence-electron chi connectivity index (χ0n) is 16.6. The third-order valence-electron chi connectivity index (χ3n) is 4.90. The number of rotatable bonds is 7. The van der Waals surface area contributed by atoms with E-state index >= 15 is 0 Å². The second kappa shape index (κ2) is 9.78. The van der Waals surface area contributed by atoms with Crippen LogP contribution in [0.1, 0.15) is 38.4 Å². The van der Waals surface area contributed by atoms with Crippen molar-refractivity contribution >= 4 is 40.7 Å². The molecule has 1 aromatic carbocycles. The first-order valence-corrected chi connectivity index (χ1v) is 11.1. The van der Waals surface area contributed by atoms with Crippen LogP contribution in [0.3, 0.4) is 0 Å². The van der Waals surface area contributed by atoms with E-state index in [0.717, 1.165) is 42.5 Å². The second-order valence-corrected chi connectivity index (χ2v) is 7.98. The van der Waals surface area contributed by atoms with Gasteiger partial charge in [-0.3, -0.25) is 14.9 Å². The number of imide groups is 1. The molecule has 3 rings (SSSR count). The number of carbonyl (C=O) groups is 3. The number of thioether (sulfide) groups is 1. The molecule has 1 fully saturated rings. The number of hydrogen-bond acceptors (Lipinski definition) is 6. The minimum absolute atomic E-state index is 0.0533. The van der Waals surface area contributed by atoms with E-state index in [4.69, 9.17) is 4.74 Å². The average molecular weight is 419 g/mol. The van der Waals surface area contributed by atoms with E-state index in [9.17, 15) is 14.4 Å². The van der Waals surface area contributed by atoms with Gasteiger partial charge in [-0.15, -0.1) is 0 Å². The molecule has 156 valence electrons. The number of aromatic nitrogens is 2. The summed E-state index contributed by atoms with van der Waals surface area (Å²) >= 11 is 1.61. The van der Waals surface area contributed by atoms with E-state index in [2.05, 4.69) is 15.6 Å². The van der Waals surface area contributed by atoms with Crippen molar-refractivity contribution in [1.29, 1.82) is 0 Å². The van der Waals surface area contributed by atoms with E-state index in [1.807, 2.05) is 30.5 Å². The zero-order chi connectivity index (χ0) is 20.8. The molecule has 0 spiro atoms. The molecule has 29 heavy (non-hydrogen) atoms. The number of nitrogens with zero attached hydrogens (tertiary/aromatic N) is 2. The number of para-hydroxylation sites is 2. The Bertz CT molecular complexity index is 892. The SMILES string of the molecule is CSCc1nc2ccccc2n1CC(=O)O[C@H](C)C(=O)NC(=O)NC1CCCC1. The lowest BCUT2D eigenvalue weighted by molar-refractivity contribution is -0.155. The maximum Gasteiger partial charge on any atom is 0.326 e. The highest BCUT2D eigenvalue weighted by atomic mass is 32.2. The van der Waals surface area contributed by atoms with Gasteiger partial charge in [-0.2, -0.15) is 11.8 Å². The van der Waals surface area contributed by atoms with Crippen molar-refractivity contribution in [3.8, 4) is 0 Å². The smallest absolute Gasteiger partial charge is 0.326 e. The molecule has 8 nitrogen and oxygen atoms in total. The van der Waals surface area contributed by atoms with E-state index < -0.39 is 24.0 Å². The summed E-state index contributed by atoms with van der Waals surface area (Å²) in [6, 6.07) is 7.11. The number of amides is 3. The monoisotopic (exact) mass is 418 g/mol. The van der Waals surface area contributed by atoms with Crippen LogP contribution in [-0.2, 0) is 26.6 Å². The normalized spacial score (nSPS) is 15.2. The summed E-state index contributed by atoms with van der Waals surface area (Å²) < 4.78 is 7.05. The lowest BCUT2D eigenvalue weighted by Crippen LogP contribution is -2.47. The summed E-state index contributed by atoms with van der Waals surface area (Å²) in [4.78, 5) is 41.1. The lowest BCUT2D eigenvalue weighted by Gasteiger charge is -2.16. The number of urea groups is 1. The minimum atomic E-state index is -1.07. The predicted molar refractivity (Wildman–Crippen MR) is 111 cm³/mol. The predicted octanol–water partition coefficient (Wildman–Crippen LogP) is 2.60. The van der Waals surface area contributed by atoms with Crippen molar-refractivity contribution in [1.82, 2.24) is 20.2 Å². The van der Waals surface area contributed by atoms with Gasteiger partial charge in [0.15, 0.2) is 6.10 Å². The minimum Gasteiger partial charge on any atom is -0.451 e. The van der Waals surface area contributed by atoms with Crippen molar-refractivity contribution in [2.24, 2.45) is 0 Å². The number of hydrogen-bond donors (Lipinski definition) is 2. The van der Waals surface area contributed by atoms with Crippen LogP contribution in [0.4, 0.5) is 4.79 Å². The maximum atomic E-state index is 12.4. The van der Waals surface area contributed by atoms with E-state index in [0.29, 0.717) is 5.75 Å². The summed E-state index contributed by atoms with van der Waals surface area (Å²) in [6.07, 6.45) is 4.89. The van der Waals surface area contributed by atoms with Crippen molar-refractivity contribution in [2.45, 2.75) is 57.1 Å². The number of esters is 1. The fourth-order valence-corrected chi connectivity index (χ4v) is 3.94. The third kappa shape index (κ3) is 5.50. The Morgan fingerprint density at radius 3 is 2.72 bits per heavy atom. The molecule has 1 heterocycles. The first-order valence-electron chi connectivity index (χ1n) is 9.72. The van der Waals surface area contributed by atoms with Crippen LogP contribution in [0.15, 0.2) is 24.3 Å². The molecule has 1 saturated carbocycles. The van der Waals surface area contributed by atoms with Gasteiger partial charge in [-0.1, -0.05) is 25.0 Å². The first kappa shape index (κ1) is 21.2. The molecule has 2 aromatic rings. The Kier molecular flexibility index (Phi) is 7.13. The van der Waals surface area contributed by atoms with Gasteiger partial charge in [-0.05, 0) is 38.2 Å². The molecular formula is C20H26N4O4S. The first-order chi connectivity index (χ1) is 14.0. The fourth-order valence-electron chi connectivity index (χ4n) is 3.46. The van der Waals surface area contributed by atoms with Gasteiger partial charge in [0.1, 0.15) is 12.4 Å². The number of ether oxygens (including phenoxy) is 1. The van der Waals surface area contributed by atoms with E-state index in [-0.39, 0.29) is 12.6 Å². The molecule has 0 aliphatic heterocycles. The Morgan fingerprint density at radius 2 is 2.00 bits per heavy atom. The molecule has 1 aliphatic rings. The standard InChI is InChI=1S/C20H26N4O4S/c1-13(19(26)23-20(27)21-14-7-3-4-8-14)28-18(25)11-24-16-10-6-5-9-15(16)22-17(24)12-29-2/h5-6,9-10,13-14H,3-4,7-8,11-12H2,1-2H3,(H2,21,23,26,27)/t13-/m1/s1. The van der Waals surface area contributed by atoms with Crippen LogP contribution in [-0.4, -0.2) is 45.9 Å². The van der Waals surface area contributed by atoms with Crippen LogP contribution in [0.25, 0.3) is 11.0 Å². The van der Waals surface area contributed by atoms with Crippen molar-refractivity contribution in [3.63, 3.8) is 0 Å². The molecule has 1 aromatic heterocycles. The van der Waals surface area contributed by atoms with Crippen molar-refractivity contribution < 1.29 is 19.1 Å². The van der Waals surface area contributed by atoms with E-state index in [1.165, 1.54) is 6.92 Å². The van der Waals surface area contributed by atoms with Gasteiger partial charge < -0.3 is 14.6 Å². The highest BCUT2D eigenvalue weighted by Gasteiger charge is 2.23. The second-order valence-electron chi connectivity index (χ2n) is 7.11. The van der Waals surface area contributed by atoms with Gasteiger partial charge in [0.2, 0.25) is 0 Å². The van der Waals surface area contributed by atoms with Gasteiger partial charge in [0, 0.05) is 6.04 Å². The molecule has 1 atom stereocenters. The molecule has 0 saturated heterocycles. The van der Waals surface area contributed by atoms with Crippen molar-refractivity contribution in [3.05, 3.63) is 30.1 Å². The number of benzene rings is 1. The third-order valence-corrected chi connectivity index (χ3v) is 5.45. The summed E-state index contributed by atoms with van der Waals surface area (Å²) in [7, 11) is 0. The molecule has 0 bridgehead atoms. The molecule has 3 amide bonds. The van der Waals surface area contributed by atoms with Crippen LogP contribution in [0, 0.1) is 0 Å². The maximum absolute atomic E-state index is 12.4. The van der Waals surface area contributed by atoms with Crippen LogP contribution in [0.2, 0.25) is 0 Å². The average Bonchev–Trinajstić information content (AvgIpc) is 3.30. The quantitative estimate of drug-likeness (QED) is 0.670. The zero-order valence-corrected chi connectivity index (χ0v) is 17.5. The summed E-state index contributed by atoms with van der Waals surface area (Å²) in [5, 5.41) is 5.01. The molecule has 9 heteroatoms. The molecular weight excluding hydrogens is 392 g/mol. The van der Waals surface area contributed by atoms with Crippen LogP contribution in [0.5, 0.6) is 0 Å². The number of carbonyl (C=O) groups excluding carboxylic acids is 3. The summed E-state index contributed by atoms with van der Waals surface area (Å²) in [5.74, 6) is 0.214. The number of imidazole rings is 1. The fraction of sp³-hybridized carbons (Fsp3) is 0.500. The molecule has 0 radical (unpaired) electrons. The Morgan fingerprint density at radius 1 is 1.28 bits per heavy atom. The Balaban J connectivity index is 1.57. The molecule has 1 aliphatic carbocycles. The summed E-state index contributed by atoms with van der Waals surface area (Å²) in [5.41, 5.74) is 1.64. The van der Waals surface area contributed by atoms with Gasteiger partial charge in [-0.25, -0.2) is 9.78 Å². The molecule has 0 unspecified atom stereocenters. The Labute approximate surface area is 173 Å². The van der Waals surface area contributed by atoms with E-state index in [1.54, 1.807) is 16.3 Å². The summed E-state index contributed by atoms with van der Waals surface area (Å²) in [6.45, 7) is 1.40. The van der Waals surface area contributed by atoms with Gasteiger partial charge in [0.05, 0.1) is 16.8 Å². The number of nitrogens with one attached hydrogen (secondary N) is 2. The molecule has 2 N–H and O–H groups in total. The topological polar surface area (TPSA) is 102 Å². The Hall–Kier alpha value is -2.55. The van der Waals surface area contributed by atoms with Crippen LogP contribution >= 0.6 is 11.8 Å². The number of fused-ring (bicyclic) bond motifs is 1. The van der Waals surface area contributed by atoms with Crippen LogP contribution < -0.4 is 10.6 Å². The largest absolute Gasteiger partial charge is 0.451 e. The van der Waals surface area contributed by atoms with Gasteiger partial charge in [0.25, 0.3) is 5.91 Å². The highest BCUT2D eigenvalue weighted by molar-refractivity contribution is 7.97. The highest BCUT2D eigenvalue weighted by Crippen LogP contribution is 2.19. The van der Waals surface area contributed by atoms with Gasteiger partial charge >= 0.3 is 12.0 Å². The van der Waals surface area contributed by atoms with Crippen molar-refractivity contribution in [2.75, 3.05) is 6.26 Å². The lowest BCUT2D eigenvalue weighted by atomic mass is 10.2.